The Labute approximate surface area is 142 Å². The first-order chi connectivity index (χ1) is 10.7. The van der Waals surface area contributed by atoms with Crippen LogP contribution < -0.4 is 10.6 Å². The van der Waals surface area contributed by atoms with E-state index in [1.165, 1.54) is 21.8 Å². The number of rotatable bonds is 5. The average Bonchev–Trinajstić information content (AvgIpc) is 2.86. The van der Waals surface area contributed by atoms with Gasteiger partial charge in [0.05, 0.1) is 0 Å². The van der Waals surface area contributed by atoms with Gasteiger partial charge in [-0.05, 0) is 38.2 Å². The first-order valence-corrected chi connectivity index (χ1v) is 7.70. The number of nitrogens with zero attached hydrogens (tertiary/aromatic N) is 1. The molecule has 0 saturated carbocycles. The summed E-state index contributed by atoms with van der Waals surface area (Å²) in [7, 11) is 1.85. The Balaban J connectivity index is 0.00000192. The highest BCUT2D eigenvalue weighted by Crippen LogP contribution is 2.30. The van der Waals surface area contributed by atoms with Gasteiger partial charge in [-0.25, -0.2) is 0 Å². The van der Waals surface area contributed by atoms with Crippen molar-refractivity contribution in [1.82, 2.24) is 9.88 Å². The Bertz CT molecular complexity index is 826. The number of carbonyl (C=O) groups is 1. The smallest absolute Gasteiger partial charge is 0.225 e. The molecule has 2 N–H and O–H groups in total. The number of fused-ring (bicyclic) bond motifs is 3. The number of carbonyl (C=O) groups excluding carboxylic acids is 1. The van der Waals surface area contributed by atoms with Gasteiger partial charge in [-0.2, -0.15) is 0 Å². The molecule has 0 aliphatic carbocycles. The lowest BCUT2D eigenvalue weighted by Crippen LogP contribution is -2.18. The van der Waals surface area contributed by atoms with Gasteiger partial charge in [-0.3, -0.25) is 4.79 Å². The van der Waals surface area contributed by atoms with Gasteiger partial charge in [0, 0.05) is 47.0 Å². The summed E-state index contributed by atoms with van der Waals surface area (Å²) in [6.45, 7) is 3.76. The van der Waals surface area contributed by atoms with Crippen LogP contribution in [0.3, 0.4) is 0 Å². The number of amides is 1. The highest BCUT2D eigenvalue weighted by molar-refractivity contribution is 6.09. The molecule has 122 valence electrons. The summed E-state index contributed by atoms with van der Waals surface area (Å²) in [5.41, 5.74) is 3.29. The molecule has 1 amide bonds. The molecule has 23 heavy (non-hydrogen) atoms. The van der Waals surface area contributed by atoms with E-state index in [1.54, 1.807) is 0 Å². The van der Waals surface area contributed by atoms with Gasteiger partial charge in [-0.1, -0.05) is 18.2 Å². The molecule has 0 bridgehead atoms. The van der Waals surface area contributed by atoms with Crippen molar-refractivity contribution < 1.29 is 4.79 Å². The summed E-state index contributed by atoms with van der Waals surface area (Å²) in [5, 5.41) is 8.37. The Morgan fingerprint density at radius 3 is 2.57 bits per heavy atom. The minimum Gasteiger partial charge on any atom is -0.341 e. The standard InChI is InChI=1S/C18H21N3O.ClH/c1-3-21-16-7-5-4-6-14(16)15-12-13(8-9-17(15)21)20-18(22)10-11-19-2;/h4-9,12,19H,3,10-11H2,1-2H3,(H,20,22);1H. The van der Waals surface area contributed by atoms with Crippen LogP contribution in [0.15, 0.2) is 42.5 Å². The lowest BCUT2D eigenvalue weighted by molar-refractivity contribution is -0.116. The van der Waals surface area contributed by atoms with Crippen molar-refractivity contribution in [2.24, 2.45) is 0 Å². The second kappa shape index (κ2) is 7.49. The fourth-order valence-corrected chi connectivity index (χ4v) is 2.93. The normalized spacial score (nSPS) is 10.7. The Hall–Kier alpha value is -2.04. The summed E-state index contributed by atoms with van der Waals surface area (Å²) in [6.07, 6.45) is 0.477. The maximum atomic E-state index is 11.9. The first-order valence-electron chi connectivity index (χ1n) is 7.70. The zero-order valence-electron chi connectivity index (χ0n) is 13.4. The molecule has 0 spiro atoms. The SMILES string of the molecule is CCn1c2ccccc2c2cc(NC(=O)CCNC)ccc21.Cl. The molecule has 0 unspecified atom stereocenters. The number of para-hydroxylation sites is 1. The van der Waals surface area contributed by atoms with Crippen molar-refractivity contribution >= 4 is 45.8 Å². The van der Waals surface area contributed by atoms with Crippen LogP contribution in [-0.2, 0) is 11.3 Å². The van der Waals surface area contributed by atoms with E-state index >= 15 is 0 Å². The molecular weight excluding hydrogens is 310 g/mol. The van der Waals surface area contributed by atoms with Crippen LogP contribution in [0.4, 0.5) is 5.69 Å². The highest BCUT2D eigenvalue weighted by Gasteiger charge is 2.10. The van der Waals surface area contributed by atoms with Gasteiger partial charge in [0.25, 0.3) is 0 Å². The van der Waals surface area contributed by atoms with Crippen LogP contribution in [0.25, 0.3) is 21.8 Å². The number of nitrogens with one attached hydrogen (secondary N) is 2. The molecule has 0 saturated heterocycles. The Kier molecular flexibility index (Phi) is 5.64. The molecule has 3 aromatic rings. The van der Waals surface area contributed by atoms with Crippen LogP contribution in [0.1, 0.15) is 13.3 Å². The number of halogens is 1. The largest absolute Gasteiger partial charge is 0.341 e. The van der Waals surface area contributed by atoms with Crippen molar-refractivity contribution in [3.05, 3.63) is 42.5 Å². The van der Waals surface area contributed by atoms with Crippen LogP contribution in [0.5, 0.6) is 0 Å². The molecule has 4 nitrogen and oxygen atoms in total. The number of anilines is 1. The number of aromatic nitrogens is 1. The van der Waals surface area contributed by atoms with Gasteiger partial charge in [0.15, 0.2) is 0 Å². The molecular formula is C18H22ClN3O. The summed E-state index contributed by atoms with van der Waals surface area (Å²) >= 11 is 0. The van der Waals surface area contributed by atoms with E-state index in [0.29, 0.717) is 13.0 Å². The molecule has 0 aliphatic rings. The lowest BCUT2D eigenvalue weighted by Gasteiger charge is -2.06. The minimum atomic E-state index is 0. The molecule has 3 rings (SSSR count). The van der Waals surface area contributed by atoms with E-state index in [0.717, 1.165) is 12.2 Å². The Morgan fingerprint density at radius 1 is 1.09 bits per heavy atom. The van der Waals surface area contributed by atoms with Crippen LogP contribution in [0, 0.1) is 0 Å². The predicted octanol–water partition coefficient (Wildman–Crippen LogP) is 3.78. The maximum absolute atomic E-state index is 11.9. The van der Waals surface area contributed by atoms with Gasteiger partial charge in [0.2, 0.25) is 5.91 Å². The maximum Gasteiger partial charge on any atom is 0.225 e. The van der Waals surface area contributed by atoms with E-state index in [4.69, 9.17) is 0 Å². The second-order valence-corrected chi connectivity index (χ2v) is 5.40. The number of hydrogen-bond donors (Lipinski definition) is 2. The van der Waals surface area contributed by atoms with Gasteiger partial charge in [0.1, 0.15) is 0 Å². The van der Waals surface area contributed by atoms with Gasteiger partial charge >= 0.3 is 0 Å². The molecule has 0 radical (unpaired) electrons. The van der Waals surface area contributed by atoms with E-state index in [9.17, 15) is 4.79 Å². The lowest BCUT2D eigenvalue weighted by atomic mass is 10.1. The molecule has 0 fully saturated rings. The molecule has 2 aromatic carbocycles. The third kappa shape index (κ3) is 3.33. The fourth-order valence-electron chi connectivity index (χ4n) is 2.93. The number of benzene rings is 2. The van der Waals surface area contributed by atoms with E-state index in [2.05, 4.69) is 58.5 Å². The molecule has 0 atom stereocenters. The molecule has 1 heterocycles. The minimum absolute atomic E-state index is 0. The summed E-state index contributed by atoms with van der Waals surface area (Å²) in [5.74, 6) is 0.0351. The molecule has 0 aliphatic heterocycles. The monoisotopic (exact) mass is 331 g/mol. The zero-order valence-corrected chi connectivity index (χ0v) is 14.2. The fraction of sp³-hybridized carbons (Fsp3) is 0.278. The summed E-state index contributed by atoms with van der Waals surface area (Å²) < 4.78 is 2.30. The van der Waals surface area contributed by atoms with Crippen LogP contribution in [-0.4, -0.2) is 24.1 Å². The zero-order chi connectivity index (χ0) is 15.5. The third-order valence-electron chi connectivity index (χ3n) is 3.97. The van der Waals surface area contributed by atoms with Crippen molar-refractivity contribution in [3.63, 3.8) is 0 Å². The highest BCUT2D eigenvalue weighted by atomic mass is 35.5. The summed E-state index contributed by atoms with van der Waals surface area (Å²) in [4.78, 5) is 11.9. The molecule has 1 aromatic heterocycles. The molecule has 5 heteroatoms. The Morgan fingerprint density at radius 2 is 1.83 bits per heavy atom. The van der Waals surface area contributed by atoms with E-state index < -0.39 is 0 Å². The van der Waals surface area contributed by atoms with Crippen LogP contribution in [0.2, 0.25) is 0 Å². The van der Waals surface area contributed by atoms with Crippen LogP contribution >= 0.6 is 12.4 Å². The van der Waals surface area contributed by atoms with Gasteiger partial charge in [-0.15, -0.1) is 12.4 Å². The number of hydrogen-bond acceptors (Lipinski definition) is 2. The van der Waals surface area contributed by atoms with E-state index in [1.807, 2.05) is 13.1 Å². The quantitative estimate of drug-likeness (QED) is 0.747. The topological polar surface area (TPSA) is 46.1 Å². The average molecular weight is 332 g/mol. The van der Waals surface area contributed by atoms with Crippen molar-refractivity contribution in [1.29, 1.82) is 0 Å². The summed E-state index contributed by atoms with van der Waals surface area (Å²) in [6, 6.07) is 14.5. The number of aryl methyl sites for hydroxylation is 1. The van der Waals surface area contributed by atoms with Crippen molar-refractivity contribution in [2.75, 3.05) is 18.9 Å². The third-order valence-corrected chi connectivity index (χ3v) is 3.97. The van der Waals surface area contributed by atoms with Crippen molar-refractivity contribution in [3.8, 4) is 0 Å². The van der Waals surface area contributed by atoms with Gasteiger partial charge < -0.3 is 15.2 Å². The van der Waals surface area contributed by atoms with E-state index in [-0.39, 0.29) is 18.3 Å². The first kappa shape index (κ1) is 17.3. The second-order valence-electron chi connectivity index (χ2n) is 5.40. The van der Waals surface area contributed by atoms with Crippen molar-refractivity contribution in [2.45, 2.75) is 19.9 Å². The predicted molar refractivity (Wildman–Crippen MR) is 99.5 cm³/mol.